The lowest BCUT2D eigenvalue weighted by atomic mass is 10.0. The number of methoxy groups -OCH3 is 1. The van der Waals surface area contributed by atoms with Crippen LogP contribution in [0.3, 0.4) is 0 Å². The summed E-state index contributed by atoms with van der Waals surface area (Å²) in [5.74, 6) is 1.48. The van der Waals surface area contributed by atoms with Crippen molar-refractivity contribution < 1.29 is 9.57 Å². The highest BCUT2D eigenvalue weighted by atomic mass is 35.5. The monoisotopic (exact) mass is 459 g/mol. The van der Waals surface area contributed by atoms with Crippen LogP contribution in [0.1, 0.15) is 29.0 Å². The molecule has 1 fully saturated rings. The highest BCUT2D eigenvalue weighted by Gasteiger charge is 2.43. The fraction of sp³-hybridized carbons (Fsp3) is 0.208. The molecule has 0 aromatic heterocycles. The highest BCUT2D eigenvalue weighted by Crippen LogP contribution is 2.49. The van der Waals surface area contributed by atoms with Crippen LogP contribution in [0.4, 0.5) is 0 Å². The van der Waals surface area contributed by atoms with Crippen molar-refractivity contribution in [2.24, 2.45) is 11.1 Å². The second-order valence-electron chi connectivity index (χ2n) is 7.21. The molecule has 1 aliphatic rings. The SMILES string of the molecule is COc1ccc(/C(=N/OCc2ccc(Cl)cc2Cl)[C@@H]2C[C@H]2c2ccc(Cl)cc2)cc1. The second kappa shape index (κ2) is 9.30. The van der Waals surface area contributed by atoms with Crippen molar-refractivity contribution in [2.75, 3.05) is 7.11 Å². The molecular weight excluding hydrogens is 441 g/mol. The average molecular weight is 461 g/mol. The Hall–Kier alpha value is -2.20. The van der Waals surface area contributed by atoms with Gasteiger partial charge in [0.25, 0.3) is 0 Å². The van der Waals surface area contributed by atoms with E-state index in [9.17, 15) is 0 Å². The maximum absolute atomic E-state index is 6.25. The van der Waals surface area contributed by atoms with Crippen LogP contribution in [0.25, 0.3) is 0 Å². The van der Waals surface area contributed by atoms with Gasteiger partial charge < -0.3 is 9.57 Å². The lowest BCUT2D eigenvalue weighted by Gasteiger charge is -2.09. The van der Waals surface area contributed by atoms with E-state index in [4.69, 9.17) is 44.4 Å². The Morgan fingerprint density at radius 3 is 2.30 bits per heavy atom. The third-order valence-corrected chi connectivity index (χ3v) is 6.06. The number of benzene rings is 3. The zero-order chi connectivity index (χ0) is 21.1. The van der Waals surface area contributed by atoms with Gasteiger partial charge in [0, 0.05) is 26.5 Å². The molecule has 0 radical (unpaired) electrons. The van der Waals surface area contributed by atoms with Gasteiger partial charge in [-0.1, -0.05) is 58.2 Å². The van der Waals surface area contributed by atoms with E-state index in [-0.39, 0.29) is 12.5 Å². The molecule has 30 heavy (non-hydrogen) atoms. The zero-order valence-electron chi connectivity index (χ0n) is 16.3. The number of oxime groups is 1. The quantitative estimate of drug-likeness (QED) is 0.272. The van der Waals surface area contributed by atoms with Gasteiger partial charge in [0.2, 0.25) is 0 Å². The van der Waals surface area contributed by atoms with Crippen LogP contribution in [0.2, 0.25) is 15.1 Å². The minimum Gasteiger partial charge on any atom is -0.497 e. The molecule has 154 valence electrons. The number of rotatable bonds is 7. The predicted octanol–water partition coefficient (Wildman–Crippen LogP) is 7.38. The van der Waals surface area contributed by atoms with Gasteiger partial charge >= 0.3 is 0 Å². The first-order valence-electron chi connectivity index (χ1n) is 9.59. The first-order valence-corrected chi connectivity index (χ1v) is 10.7. The van der Waals surface area contributed by atoms with Gasteiger partial charge in [-0.2, -0.15) is 0 Å². The molecule has 0 N–H and O–H groups in total. The topological polar surface area (TPSA) is 30.8 Å². The van der Waals surface area contributed by atoms with Crippen LogP contribution in [0, 0.1) is 5.92 Å². The summed E-state index contributed by atoms with van der Waals surface area (Å²) in [5.41, 5.74) is 4.03. The van der Waals surface area contributed by atoms with Crippen molar-refractivity contribution in [1.29, 1.82) is 0 Å². The van der Waals surface area contributed by atoms with Gasteiger partial charge in [-0.05, 0) is 72.0 Å². The predicted molar refractivity (Wildman–Crippen MR) is 123 cm³/mol. The molecule has 3 nitrogen and oxygen atoms in total. The molecule has 1 saturated carbocycles. The zero-order valence-corrected chi connectivity index (χ0v) is 18.6. The molecule has 2 atom stereocenters. The molecule has 0 unspecified atom stereocenters. The Bertz CT molecular complexity index is 1050. The molecule has 0 spiro atoms. The third kappa shape index (κ3) is 4.92. The Morgan fingerprint density at radius 1 is 0.933 bits per heavy atom. The van der Waals surface area contributed by atoms with Gasteiger partial charge in [0.15, 0.2) is 0 Å². The first-order chi connectivity index (χ1) is 14.5. The summed E-state index contributed by atoms with van der Waals surface area (Å²) >= 11 is 18.3. The van der Waals surface area contributed by atoms with Gasteiger partial charge in [0.05, 0.1) is 12.8 Å². The van der Waals surface area contributed by atoms with E-state index in [1.54, 1.807) is 19.2 Å². The summed E-state index contributed by atoms with van der Waals surface area (Å²) in [6.45, 7) is 0.272. The molecule has 6 heteroatoms. The standard InChI is InChI=1S/C24H20Cl3NO2/c1-29-20-10-5-16(6-11-20)24(22-13-21(22)15-2-7-18(25)8-3-15)28-30-14-17-4-9-19(26)12-23(17)27/h2-12,21-22H,13-14H2,1H3/b28-24-/t21-,22+/m0/s1. The molecule has 4 rings (SSSR count). The fourth-order valence-corrected chi connectivity index (χ4v) is 4.07. The molecule has 0 aliphatic heterocycles. The lowest BCUT2D eigenvalue weighted by molar-refractivity contribution is 0.130. The summed E-state index contributed by atoms with van der Waals surface area (Å²) in [4.78, 5) is 5.73. The van der Waals surface area contributed by atoms with Crippen LogP contribution in [-0.4, -0.2) is 12.8 Å². The number of halogens is 3. The van der Waals surface area contributed by atoms with E-state index >= 15 is 0 Å². The molecular formula is C24H20Cl3NO2. The molecule has 3 aromatic rings. The fourth-order valence-electron chi connectivity index (χ4n) is 3.48. The van der Waals surface area contributed by atoms with Crippen molar-refractivity contribution >= 4 is 40.5 Å². The summed E-state index contributed by atoms with van der Waals surface area (Å²) in [5, 5.41) is 6.42. The van der Waals surface area contributed by atoms with Crippen LogP contribution in [0.15, 0.2) is 71.9 Å². The second-order valence-corrected chi connectivity index (χ2v) is 8.49. The van der Waals surface area contributed by atoms with Gasteiger partial charge in [0.1, 0.15) is 12.4 Å². The van der Waals surface area contributed by atoms with E-state index in [1.165, 1.54) is 5.56 Å². The number of hydrogen-bond acceptors (Lipinski definition) is 3. The third-order valence-electron chi connectivity index (χ3n) is 5.22. The van der Waals surface area contributed by atoms with Gasteiger partial charge in [-0.25, -0.2) is 0 Å². The minimum atomic E-state index is 0.272. The maximum Gasteiger partial charge on any atom is 0.143 e. The summed E-state index contributed by atoms with van der Waals surface area (Å²) in [7, 11) is 1.65. The Morgan fingerprint density at radius 2 is 1.63 bits per heavy atom. The normalized spacial score (nSPS) is 18.2. The number of nitrogens with zero attached hydrogens (tertiary/aromatic N) is 1. The molecule has 1 aliphatic carbocycles. The maximum atomic E-state index is 6.25. The van der Waals surface area contributed by atoms with Crippen LogP contribution >= 0.6 is 34.8 Å². The summed E-state index contributed by atoms with van der Waals surface area (Å²) < 4.78 is 5.28. The van der Waals surface area contributed by atoms with E-state index in [1.807, 2.05) is 42.5 Å². The van der Waals surface area contributed by atoms with E-state index < -0.39 is 0 Å². The molecule has 3 aromatic carbocycles. The van der Waals surface area contributed by atoms with E-state index in [0.717, 1.165) is 34.0 Å². The van der Waals surface area contributed by atoms with Crippen molar-refractivity contribution in [1.82, 2.24) is 0 Å². The molecule has 0 amide bonds. The van der Waals surface area contributed by atoms with Crippen molar-refractivity contribution in [3.8, 4) is 5.75 Å². The van der Waals surface area contributed by atoms with Crippen molar-refractivity contribution in [2.45, 2.75) is 18.9 Å². The lowest BCUT2D eigenvalue weighted by Crippen LogP contribution is -2.07. The van der Waals surface area contributed by atoms with Crippen LogP contribution in [0.5, 0.6) is 5.75 Å². The number of ether oxygens (including phenoxy) is 1. The van der Waals surface area contributed by atoms with Crippen LogP contribution in [-0.2, 0) is 11.4 Å². The Balaban J connectivity index is 1.55. The van der Waals surface area contributed by atoms with E-state index in [2.05, 4.69) is 17.3 Å². The highest BCUT2D eigenvalue weighted by molar-refractivity contribution is 6.35. The average Bonchev–Trinajstić information content (AvgIpc) is 3.54. The Labute approximate surface area is 191 Å². The van der Waals surface area contributed by atoms with Gasteiger partial charge in [-0.3, -0.25) is 0 Å². The largest absolute Gasteiger partial charge is 0.497 e. The van der Waals surface area contributed by atoms with Crippen molar-refractivity contribution in [3.63, 3.8) is 0 Å². The molecule has 0 saturated heterocycles. The molecule has 0 bridgehead atoms. The molecule has 0 heterocycles. The van der Waals surface area contributed by atoms with Crippen LogP contribution < -0.4 is 4.74 Å². The smallest absolute Gasteiger partial charge is 0.143 e. The summed E-state index contributed by atoms with van der Waals surface area (Å²) in [6, 6.07) is 21.2. The first kappa shape index (κ1) is 21.0. The van der Waals surface area contributed by atoms with Crippen molar-refractivity contribution in [3.05, 3.63) is 98.5 Å². The minimum absolute atomic E-state index is 0.272. The van der Waals surface area contributed by atoms with E-state index in [0.29, 0.717) is 16.0 Å². The summed E-state index contributed by atoms with van der Waals surface area (Å²) in [6.07, 6.45) is 1.01. The van der Waals surface area contributed by atoms with Gasteiger partial charge in [-0.15, -0.1) is 0 Å². The number of hydrogen-bond donors (Lipinski definition) is 0. The Kier molecular flexibility index (Phi) is 6.52.